The molecule has 0 aliphatic rings. The molecule has 4 N–H and O–H groups in total. The van der Waals surface area contributed by atoms with Gasteiger partial charge in [0.05, 0.1) is 6.10 Å². The molecule has 1 aromatic rings. The minimum Gasteiger partial charge on any atom is -0.389 e. The van der Waals surface area contributed by atoms with Crippen molar-refractivity contribution in [3.8, 4) is 0 Å². The third-order valence-electron chi connectivity index (χ3n) is 2.21. The molecule has 82 valence electrons. The molecule has 0 bridgehead atoms. The number of carbonyl (C=O) groups excluding carboxylic acids is 1. The van der Waals surface area contributed by atoms with Crippen LogP contribution in [0.15, 0.2) is 18.2 Å². The van der Waals surface area contributed by atoms with Gasteiger partial charge in [0.15, 0.2) is 0 Å². The smallest absolute Gasteiger partial charge is 0.150 e. The van der Waals surface area contributed by atoms with Gasteiger partial charge >= 0.3 is 0 Å². The number of aliphatic hydroxyl groups excluding tert-OH is 2. The second kappa shape index (κ2) is 5.02. The average molecular weight is 209 g/mol. The highest BCUT2D eigenvalue weighted by molar-refractivity contribution is 5.75. The monoisotopic (exact) mass is 209 g/mol. The van der Waals surface area contributed by atoms with Crippen LogP contribution in [-0.4, -0.2) is 29.1 Å². The molecule has 0 amide bonds. The Bertz CT molecular complexity index is 352. The molecule has 0 aliphatic heterocycles. The van der Waals surface area contributed by atoms with Crippen LogP contribution in [0.5, 0.6) is 0 Å². The van der Waals surface area contributed by atoms with Crippen molar-refractivity contribution in [1.82, 2.24) is 0 Å². The second-order valence-corrected chi connectivity index (χ2v) is 3.54. The molecule has 0 aliphatic carbocycles. The molecule has 0 radical (unpaired) electrons. The molecule has 15 heavy (non-hydrogen) atoms. The number of carbonyl (C=O) groups is 1. The molecule has 0 saturated heterocycles. The van der Waals surface area contributed by atoms with Gasteiger partial charge in [-0.05, 0) is 24.6 Å². The van der Waals surface area contributed by atoms with E-state index in [0.717, 1.165) is 5.56 Å². The lowest BCUT2D eigenvalue weighted by molar-refractivity contribution is 0.0243. The van der Waals surface area contributed by atoms with E-state index in [0.29, 0.717) is 17.4 Å². The summed E-state index contributed by atoms with van der Waals surface area (Å²) in [7, 11) is 0. The van der Waals surface area contributed by atoms with Gasteiger partial charge in [-0.1, -0.05) is 11.6 Å². The van der Waals surface area contributed by atoms with Crippen LogP contribution in [0.2, 0.25) is 0 Å². The van der Waals surface area contributed by atoms with Gasteiger partial charge in [0.25, 0.3) is 0 Å². The van der Waals surface area contributed by atoms with Crippen molar-refractivity contribution in [2.45, 2.75) is 19.1 Å². The van der Waals surface area contributed by atoms with Gasteiger partial charge in [-0.25, -0.2) is 0 Å². The fraction of sp³-hybridized carbons (Fsp3) is 0.364. The molecular formula is C11H15NO3. The standard InChI is InChI=1S/C11H15NO3/c1-7-2-8(6-13)4-9(3-7)11(15)10(14)5-12/h2-4,6,10-11,14-15H,5,12H2,1H3. The van der Waals surface area contributed by atoms with E-state index in [-0.39, 0.29) is 6.54 Å². The fourth-order valence-electron chi connectivity index (χ4n) is 1.43. The van der Waals surface area contributed by atoms with Crippen molar-refractivity contribution in [3.05, 3.63) is 34.9 Å². The molecule has 0 heterocycles. The van der Waals surface area contributed by atoms with Gasteiger partial charge in [-0.2, -0.15) is 0 Å². The van der Waals surface area contributed by atoms with E-state index in [4.69, 9.17) is 5.73 Å². The number of aryl methyl sites for hydroxylation is 1. The lowest BCUT2D eigenvalue weighted by atomic mass is 10.00. The summed E-state index contributed by atoms with van der Waals surface area (Å²) in [5, 5.41) is 19.1. The third-order valence-corrected chi connectivity index (χ3v) is 2.21. The van der Waals surface area contributed by atoms with Crippen molar-refractivity contribution in [2.24, 2.45) is 5.73 Å². The Hall–Kier alpha value is -1.23. The Morgan fingerprint density at radius 2 is 2.07 bits per heavy atom. The highest BCUT2D eigenvalue weighted by Crippen LogP contribution is 2.19. The van der Waals surface area contributed by atoms with E-state index >= 15 is 0 Å². The molecule has 1 rings (SSSR count). The molecule has 1 aromatic carbocycles. The zero-order chi connectivity index (χ0) is 11.4. The van der Waals surface area contributed by atoms with Gasteiger partial charge in [0.1, 0.15) is 12.4 Å². The Labute approximate surface area is 88.3 Å². The van der Waals surface area contributed by atoms with Crippen molar-refractivity contribution >= 4 is 6.29 Å². The maximum atomic E-state index is 10.6. The van der Waals surface area contributed by atoms with E-state index in [1.807, 2.05) is 6.92 Å². The molecule has 4 nitrogen and oxygen atoms in total. The molecule has 0 fully saturated rings. The van der Waals surface area contributed by atoms with Crippen molar-refractivity contribution < 1.29 is 15.0 Å². The lowest BCUT2D eigenvalue weighted by Gasteiger charge is -2.17. The molecule has 0 aromatic heterocycles. The number of nitrogens with two attached hydrogens (primary N) is 1. The van der Waals surface area contributed by atoms with Crippen LogP contribution in [0.4, 0.5) is 0 Å². The number of benzene rings is 1. The van der Waals surface area contributed by atoms with Gasteiger partial charge in [0.2, 0.25) is 0 Å². The normalized spacial score (nSPS) is 14.7. The molecule has 0 saturated carbocycles. The molecule has 0 spiro atoms. The maximum Gasteiger partial charge on any atom is 0.150 e. The first kappa shape index (κ1) is 11.8. The fourth-order valence-corrected chi connectivity index (χ4v) is 1.43. The Morgan fingerprint density at radius 3 is 2.60 bits per heavy atom. The highest BCUT2D eigenvalue weighted by Gasteiger charge is 2.17. The summed E-state index contributed by atoms with van der Waals surface area (Å²) in [5.41, 5.74) is 7.09. The van der Waals surface area contributed by atoms with Crippen LogP contribution in [-0.2, 0) is 0 Å². The number of hydrogen-bond acceptors (Lipinski definition) is 4. The van der Waals surface area contributed by atoms with Crippen LogP contribution in [0.1, 0.15) is 27.6 Å². The summed E-state index contributed by atoms with van der Waals surface area (Å²) in [5.74, 6) is 0. The van der Waals surface area contributed by atoms with E-state index in [9.17, 15) is 15.0 Å². The average Bonchev–Trinajstić information content (AvgIpc) is 2.26. The molecule has 2 atom stereocenters. The van der Waals surface area contributed by atoms with Crippen LogP contribution in [0, 0.1) is 6.92 Å². The maximum absolute atomic E-state index is 10.6. The minimum absolute atomic E-state index is 0.0223. The first-order valence-electron chi connectivity index (χ1n) is 4.71. The summed E-state index contributed by atoms with van der Waals surface area (Å²) in [6.45, 7) is 1.80. The summed E-state index contributed by atoms with van der Waals surface area (Å²) in [6.07, 6.45) is -1.35. The first-order chi connectivity index (χ1) is 7.08. The van der Waals surface area contributed by atoms with Crippen molar-refractivity contribution in [2.75, 3.05) is 6.54 Å². The van der Waals surface area contributed by atoms with E-state index in [1.165, 1.54) is 0 Å². The highest BCUT2D eigenvalue weighted by atomic mass is 16.3. The summed E-state index contributed by atoms with van der Waals surface area (Å²) in [6, 6.07) is 4.97. The van der Waals surface area contributed by atoms with Crippen LogP contribution >= 0.6 is 0 Å². The van der Waals surface area contributed by atoms with Crippen LogP contribution in [0.3, 0.4) is 0 Å². The number of hydrogen-bond donors (Lipinski definition) is 3. The number of aliphatic hydroxyl groups is 2. The van der Waals surface area contributed by atoms with Gasteiger partial charge in [0, 0.05) is 12.1 Å². The summed E-state index contributed by atoms with van der Waals surface area (Å²) >= 11 is 0. The van der Waals surface area contributed by atoms with Crippen LogP contribution in [0.25, 0.3) is 0 Å². The largest absolute Gasteiger partial charge is 0.389 e. The molecular weight excluding hydrogens is 194 g/mol. The number of aldehydes is 1. The lowest BCUT2D eigenvalue weighted by Crippen LogP contribution is -2.27. The van der Waals surface area contributed by atoms with Crippen LogP contribution < -0.4 is 5.73 Å². The first-order valence-corrected chi connectivity index (χ1v) is 4.71. The quantitative estimate of drug-likeness (QED) is 0.617. The predicted octanol–water partition coefficient (Wildman–Crippen LogP) is 0.161. The Morgan fingerprint density at radius 1 is 1.40 bits per heavy atom. The Kier molecular flexibility index (Phi) is 3.96. The SMILES string of the molecule is Cc1cc(C=O)cc(C(O)C(O)CN)c1. The molecule has 2 unspecified atom stereocenters. The van der Waals surface area contributed by atoms with Crippen molar-refractivity contribution in [1.29, 1.82) is 0 Å². The molecule has 4 heteroatoms. The van der Waals surface area contributed by atoms with Gasteiger partial charge in [-0.3, -0.25) is 4.79 Å². The zero-order valence-electron chi connectivity index (χ0n) is 8.55. The van der Waals surface area contributed by atoms with Gasteiger partial charge < -0.3 is 15.9 Å². The number of rotatable bonds is 4. The van der Waals surface area contributed by atoms with E-state index in [1.54, 1.807) is 18.2 Å². The zero-order valence-corrected chi connectivity index (χ0v) is 8.55. The minimum atomic E-state index is -1.05. The summed E-state index contributed by atoms with van der Waals surface area (Å²) < 4.78 is 0. The second-order valence-electron chi connectivity index (χ2n) is 3.54. The van der Waals surface area contributed by atoms with Gasteiger partial charge in [-0.15, -0.1) is 0 Å². The predicted molar refractivity (Wildman–Crippen MR) is 56.6 cm³/mol. The third kappa shape index (κ3) is 2.86. The van der Waals surface area contributed by atoms with Crippen molar-refractivity contribution in [3.63, 3.8) is 0 Å². The van der Waals surface area contributed by atoms with E-state index in [2.05, 4.69) is 0 Å². The summed E-state index contributed by atoms with van der Waals surface area (Å²) in [4.78, 5) is 10.6. The topological polar surface area (TPSA) is 83.5 Å². The van der Waals surface area contributed by atoms with E-state index < -0.39 is 12.2 Å². The Balaban J connectivity index is 3.02.